The van der Waals surface area contributed by atoms with Crippen molar-refractivity contribution in [3.63, 3.8) is 0 Å². The standard InChI is InChI=1S/C24H29FN4O3/c1-24(2,3)26-23(31)28(4)15-22(30)29-20(17-11-7-9-13-21(17)32-5)14-19(27-29)16-10-6-8-12-18(16)25/h6-13,20H,14-15H2,1-5H3,(H,26,31)/t20-/m1/s1. The summed E-state index contributed by atoms with van der Waals surface area (Å²) in [6.45, 7) is 5.42. The lowest BCUT2D eigenvalue weighted by Crippen LogP contribution is -2.49. The minimum Gasteiger partial charge on any atom is -0.496 e. The molecule has 1 heterocycles. The molecule has 3 rings (SSSR count). The maximum absolute atomic E-state index is 14.4. The number of amides is 3. The Morgan fingerprint density at radius 1 is 1.19 bits per heavy atom. The molecule has 0 fully saturated rings. The summed E-state index contributed by atoms with van der Waals surface area (Å²) in [5.74, 6) is -0.168. The van der Waals surface area contributed by atoms with Crippen LogP contribution < -0.4 is 10.1 Å². The molecule has 2 aromatic carbocycles. The van der Waals surface area contributed by atoms with Crippen molar-refractivity contribution in [1.29, 1.82) is 0 Å². The molecule has 8 heteroatoms. The van der Waals surface area contributed by atoms with Crippen molar-refractivity contribution in [2.75, 3.05) is 20.7 Å². The van der Waals surface area contributed by atoms with Crippen molar-refractivity contribution in [2.45, 2.75) is 38.8 Å². The summed E-state index contributed by atoms with van der Waals surface area (Å²) < 4.78 is 19.9. The molecule has 1 N–H and O–H groups in total. The first-order valence-electron chi connectivity index (χ1n) is 10.4. The zero-order valence-electron chi connectivity index (χ0n) is 19.1. The smallest absolute Gasteiger partial charge is 0.318 e. The summed E-state index contributed by atoms with van der Waals surface area (Å²) in [6, 6.07) is 12.9. The third-order valence-corrected chi connectivity index (χ3v) is 5.05. The van der Waals surface area contributed by atoms with Crippen LogP contribution in [0.15, 0.2) is 53.6 Å². The molecule has 1 aliphatic heterocycles. The highest BCUT2D eigenvalue weighted by atomic mass is 19.1. The first kappa shape index (κ1) is 23.2. The van der Waals surface area contributed by atoms with Gasteiger partial charge in [0.15, 0.2) is 0 Å². The van der Waals surface area contributed by atoms with E-state index in [-0.39, 0.29) is 18.5 Å². The number of likely N-dealkylation sites (N-methyl/N-ethyl adjacent to an activating group) is 1. The summed E-state index contributed by atoms with van der Waals surface area (Å²) in [5.41, 5.74) is 1.15. The number of urea groups is 1. The summed E-state index contributed by atoms with van der Waals surface area (Å²) in [5, 5.41) is 8.65. The zero-order valence-corrected chi connectivity index (χ0v) is 19.1. The molecule has 0 unspecified atom stereocenters. The van der Waals surface area contributed by atoms with Crippen LogP contribution in [0.1, 0.15) is 44.4 Å². The van der Waals surface area contributed by atoms with Crippen LogP contribution in [0, 0.1) is 5.82 Å². The number of ether oxygens (including phenoxy) is 1. The SMILES string of the molecule is COc1ccccc1[C@H]1CC(c2ccccc2F)=NN1C(=O)CN(C)C(=O)NC(C)(C)C. The van der Waals surface area contributed by atoms with Gasteiger partial charge in [-0.1, -0.05) is 36.4 Å². The van der Waals surface area contributed by atoms with Crippen LogP contribution in [0.4, 0.5) is 9.18 Å². The van der Waals surface area contributed by atoms with Crippen molar-refractivity contribution in [2.24, 2.45) is 5.10 Å². The van der Waals surface area contributed by atoms with E-state index in [0.717, 1.165) is 5.56 Å². The van der Waals surface area contributed by atoms with Crippen LogP contribution in [0.2, 0.25) is 0 Å². The van der Waals surface area contributed by atoms with Gasteiger partial charge in [-0.3, -0.25) is 4.79 Å². The number of halogens is 1. The minimum atomic E-state index is -0.479. The highest BCUT2D eigenvalue weighted by molar-refractivity contribution is 6.03. The van der Waals surface area contributed by atoms with E-state index in [1.54, 1.807) is 32.4 Å². The van der Waals surface area contributed by atoms with Crippen LogP contribution in [-0.2, 0) is 4.79 Å². The summed E-state index contributed by atoms with van der Waals surface area (Å²) >= 11 is 0. The molecule has 0 saturated heterocycles. The van der Waals surface area contributed by atoms with Crippen molar-refractivity contribution < 1.29 is 18.7 Å². The average Bonchev–Trinajstić information content (AvgIpc) is 3.18. The molecule has 1 aliphatic rings. The molecule has 32 heavy (non-hydrogen) atoms. The fourth-order valence-electron chi connectivity index (χ4n) is 3.55. The van der Waals surface area contributed by atoms with Gasteiger partial charge >= 0.3 is 6.03 Å². The number of rotatable bonds is 5. The van der Waals surface area contributed by atoms with Gasteiger partial charge in [-0.25, -0.2) is 14.2 Å². The first-order valence-corrected chi connectivity index (χ1v) is 10.4. The number of nitrogens with zero attached hydrogens (tertiary/aromatic N) is 3. The average molecular weight is 441 g/mol. The molecule has 1 atom stereocenters. The lowest BCUT2D eigenvalue weighted by Gasteiger charge is -2.28. The Kier molecular flexibility index (Phi) is 6.81. The number of hydrogen-bond donors (Lipinski definition) is 1. The molecule has 0 spiro atoms. The highest BCUT2D eigenvalue weighted by Gasteiger charge is 2.36. The maximum Gasteiger partial charge on any atom is 0.318 e. The lowest BCUT2D eigenvalue weighted by atomic mass is 9.97. The number of nitrogens with one attached hydrogen (secondary N) is 1. The summed E-state index contributed by atoms with van der Waals surface area (Å²) in [7, 11) is 3.11. The topological polar surface area (TPSA) is 74.2 Å². The number of hydrogen-bond acceptors (Lipinski definition) is 4. The number of methoxy groups -OCH3 is 1. The molecule has 0 radical (unpaired) electrons. The Hall–Kier alpha value is -3.42. The van der Waals surface area contributed by atoms with E-state index in [1.165, 1.54) is 16.0 Å². The molecule has 0 saturated carbocycles. The number of carbonyl (C=O) groups is 2. The van der Waals surface area contributed by atoms with E-state index in [4.69, 9.17) is 4.74 Å². The van der Waals surface area contributed by atoms with Crippen molar-refractivity contribution >= 4 is 17.6 Å². The highest BCUT2D eigenvalue weighted by Crippen LogP contribution is 2.37. The summed E-state index contributed by atoms with van der Waals surface area (Å²) in [4.78, 5) is 27.0. The van der Waals surface area contributed by atoms with Gasteiger partial charge in [0.05, 0.1) is 18.9 Å². The quantitative estimate of drug-likeness (QED) is 0.765. The van der Waals surface area contributed by atoms with Crippen molar-refractivity contribution in [3.05, 3.63) is 65.5 Å². The molecular weight excluding hydrogens is 411 g/mol. The second-order valence-electron chi connectivity index (χ2n) is 8.76. The van der Waals surface area contributed by atoms with Gasteiger partial charge in [0.25, 0.3) is 5.91 Å². The van der Waals surface area contributed by atoms with Gasteiger partial charge in [-0.2, -0.15) is 5.10 Å². The van der Waals surface area contributed by atoms with Crippen molar-refractivity contribution in [1.82, 2.24) is 15.2 Å². The third kappa shape index (κ3) is 5.25. The van der Waals surface area contributed by atoms with E-state index in [0.29, 0.717) is 23.4 Å². The van der Waals surface area contributed by atoms with Gasteiger partial charge in [-0.05, 0) is 32.9 Å². The van der Waals surface area contributed by atoms with Crippen LogP contribution >= 0.6 is 0 Å². The second-order valence-corrected chi connectivity index (χ2v) is 8.76. The number of para-hydroxylation sites is 1. The maximum atomic E-state index is 14.4. The monoisotopic (exact) mass is 440 g/mol. The second kappa shape index (κ2) is 9.38. The fraction of sp³-hybridized carbons (Fsp3) is 0.375. The molecule has 7 nitrogen and oxygen atoms in total. The zero-order chi connectivity index (χ0) is 23.5. The predicted molar refractivity (Wildman–Crippen MR) is 121 cm³/mol. The van der Waals surface area contributed by atoms with Crippen LogP contribution in [-0.4, -0.2) is 53.8 Å². The Labute approximate surface area is 187 Å². The van der Waals surface area contributed by atoms with Gasteiger partial charge in [0, 0.05) is 30.1 Å². The van der Waals surface area contributed by atoms with E-state index in [9.17, 15) is 14.0 Å². The molecule has 3 amide bonds. The van der Waals surface area contributed by atoms with E-state index < -0.39 is 17.4 Å². The molecule has 0 bridgehead atoms. The Balaban J connectivity index is 1.91. The van der Waals surface area contributed by atoms with Crippen molar-refractivity contribution in [3.8, 4) is 5.75 Å². The van der Waals surface area contributed by atoms with E-state index in [1.807, 2.05) is 45.0 Å². The Morgan fingerprint density at radius 3 is 2.50 bits per heavy atom. The number of hydrazone groups is 1. The van der Waals surface area contributed by atoms with Crippen LogP contribution in [0.25, 0.3) is 0 Å². The van der Waals surface area contributed by atoms with Gasteiger partial charge in [0.1, 0.15) is 18.1 Å². The van der Waals surface area contributed by atoms with E-state index in [2.05, 4.69) is 10.4 Å². The van der Waals surface area contributed by atoms with Crippen LogP contribution in [0.5, 0.6) is 5.75 Å². The fourth-order valence-corrected chi connectivity index (χ4v) is 3.55. The van der Waals surface area contributed by atoms with E-state index >= 15 is 0 Å². The van der Waals surface area contributed by atoms with Crippen LogP contribution in [0.3, 0.4) is 0 Å². The molecule has 0 aromatic heterocycles. The first-order chi connectivity index (χ1) is 15.1. The predicted octanol–water partition coefficient (Wildman–Crippen LogP) is 3.95. The largest absolute Gasteiger partial charge is 0.496 e. The van der Waals surface area contributed by atoms with Gasteiger partial charge in [-0.15, -0.1) is 0 Å². The molecule has 170 valence electrons. The van der Waals surface area contributed by atoms with Gasteiger partial charge in [0.2, 0.25) is 0 Å². The molecular formula is C24H29FN4O3. The normalized spacial score (nSPS) is 15.9. The minimum absolute atomic E-state index is 0.179. The van der Waals surface area contributed by atoms with Gasteiger partial charge < -0.3 is 15.0 Å². The summed E-state index contributed by atoms with van der Waals surface area (Å²) in [6.07, 6.45) is 0.324. The molecule has 2 aromatic rings. The number of carbonyl (C=O) groups excluding carboxylic acids is 2. The molecule has 0 aliphatic carbocycles. The Bertz CT molecular complexity index is 1030. The Morgan fingerprint density at radius 2 is 1.84 bits per heavy atom. The third-order valence-electron chi connectivity index (χ3n) is 5.05. The number of benzene rings is 2. The lowest BCUT2D eigenvalue weighted by molar-refractivity contribution is -0.133.